The number of aliphatic hydroxyl groups excluding tert-OH is 1. The van der Waals surface area contributed by atoms with Crippen molar-refractivity contribution in [1.82, 2.24) is 0 Å². The summed E-state index contributed by atoms with van der Waals surface area (Å²) in [4.78, 5) is 21.8. The molecule has 0 saturated carbocycles. The molecule has 1 saturated heterocycles. The Morgan fingerprint density at radius 3 is 2.44 bits per heavy atom. The summed E-state index contributed by atoms with van der Waals surface area (Å²) in [7, 11) is 0. The lowest BCUT2D eigenvalue weighted by Crippen LogP contribution is -2.50. The molecule has 0 aromatic carbocycles. The minimum absolute atomic E-state index is 0.282. The zero-order valence-corrected chi connectivity index (χ0v) is 9.34. The second-order valence-corrected chi connectivity index (χ2v) is 3.60. The summed E-state index contributed by atoms with van der Waals surface area (Å²) in [6, 6.07) is 0. The lowest BCUT2D eigenvalue weighted by atomic mass is 10.0. The molecule has 1 aliphatic rings. The van der Waals surface area contributed by atoms with Crippen molar-refractivity contribution >= 4 is 11.9 Å². The molecule has 92 valence electrons. The third-order valence-electron chi connectivity index (χ3n) is 2.27. The van der Waals surface area contributed by atoms with E-state index < -0.39 is 30.3 Å². The van der Waals surface area contributed by atoms with E-state index in [4.69, 9.17) is 19.3 Å². The highest BCUT2D eigenvalue weighted by Gasteiger charge is 2.38. The predicted octanol–water partition coefficient (Wildman–Crippen LogP) is -0.369. The first kappa shape index (κ1) is 12.9. The van der Waals surface area contributed by atoms with Crippen LogP contribution in [0.5, 0.6) is 0 Å². The number of hydrogen-bond donors (Lipinski definition) is 1. The van der Waals surface area contributed by atoms with Gasteiger partial charge in [-0.05, 0) is 0 Å². The van der Waals surface area contributed by atoms with E-state index in [9.17, 15) is 9.59 Å². The summed E-state index contributed by atoms with van der Waals surface area (Å²) in [5, 5.41) is 9.07. The van der Waals surface area contributed by atoms with E-state index >= 15 is 0 Å². The molecule has 1 N–H and O–H groups in total. The number of esters is 2. The molecule has 16 heavy (non-hydrogen) atoms. The predicted molar refractivity (Wildman–Crippen MR) is 52.6 cm³/mol. The molecule has 0 amide bonds. The molecule has 6 nitrogen and oxygen atoms in total. The van der Waals surface area contributed by atoms with Crippen LogP contribution in [0.25, 0.3) is 0 Å². The van der Waals surface area contributed by atoms with Crippen molar-refractivity contribution in [3.8, 4) is 0 Å². The van der Waals surface area contributed by atoms with Gasteiger partial charge in [-0.25, -0.2) is 0 Å². The molecule has 0 aliphatic carbocycles. The van der Waals surface area contributed by atoms with Gasteiger partial charge in [0.15, 0.2) is 6.10 Å². The lowest BCUT2D eigenvalue weighted by molar-refractivity contribution is -0.197. The second kappa shape index (κ2) is 5.81. The molecule has 1 aliphatic heterocycles. The van der Waals surface area contributed by atoms with Crippen LogP contribution in [0.2, 0.25) is 0 Å². The second-order valence-electron chi connectivity index (χ2n) is 3.60. The summed E-state index contributed by atoms with van der Waals surface area (Å²) >= 11 is 0. The van der Waals surface area contributed by atoms with Crippen molar-refractivity contribution in [3.05, 3.63) is 0 Å². The summed E-state index contributed by atoms with van der Waals surface area (Å²) in [6.45, 7) is 2.62. The number of carbonyl (C=O) groups is 2. The molecule has 0 spiro atoms. The van der Waals surface area contributed by atoms with Gasteiger partial charge in [0.05, 0.1) is 13.2 Å². The van der Waals surface area contributed by atoms with Gasteiger partial charge in [0.25, 0.3) is 0 Å². The Morgan fingerprint density at radius 1 is 1.31 bits per heavy atom. The fourth-order valence-electron chi connectivity index (χ4n) is 1.67. The number of ether oxygens (including phenoxy) is 3. The number of rotatable bonds is 3. The van der Waals surface area contributed by atoms with Gasteiger partial charge in [-0.3, -0.25) is 9.59 Å². The summed E-state index contributed by atoms with van der Waals surface area (Å²) < 4.78 is 15.3. The van der Waals surface area contributed by atoms with E-state index in [1.807, 2.05) is 0 Å². The Balaban J connectivity index is 2.69. The molecule has 1 heterocycles. The van der Waals surface area contributed by atoms with Crippen molar-refractivity contribution in [1.29, 1.82) is 0 Å². The van der Waals surface area contributed by atoms with Crippen LogP contribution < -0.4 is 0 Å². The standard InChI is InChI=1S/C10H16O6/c1-6(12)15-8-3-4-14-9(5-11)10(8)16-7(2)13/h8-11H,3-5H2,1-2H3/t8-,9-,10+/m1/s1. The van der Waals surface area contributed by atoms with Crippen LogP contribution in [-0.2, 0) is 23.8 Å². The van der Waals surface area contributed by atoms with Crippen molar-refractivity contribution in [2.75, 3.05) is 13.2 Å². The normalized spacial score (nSPS) is 29.6. The molecule has 0 unspecified atom stereocenters. The Kier molecular flexibility index (Phi) is 4.70. The van der Waals surface area contributed by atoms with Crippen LogP contribution in [0.4, 0.5) is 0 Å². The van der Waals surface area contributed by atoms with Gasteiger partial charge in [0.2, 0.25) is 0 Å². The molecule has 3 atom stereocenters. The van der Waals surface area contributed by atoms with E-state index in [0.717, 1.165) is 0 Å². The van der Waals surface area contributed by atoms with Crippen LogP contribution in [0.1, 0.15) is 20.3 Å². The summed E-state index contributed by atoms with van der Waals surface area (Å²) in [6.07, 6.45) is -1.47. The Labute approximate surface area is 93.5 Å². The molecule has 6 heteroatoms. The maximum Gasteiger partial charge on any atom is 0.303 e. The zero-order chi connectivity index (χ0) is 12.1. The number of hydrogen-bond acceptors (Lipinski definition) is 6. The minimum Gasteiger partial charge on any atom is -0.458 e. The fraction of sp³-hybridized carbons (Fsp3) is 0.800. The Bertz CT molecular complexity index is 264. The largest absolute Gasteiger partial charge is 0.458 e. The quantitative estimate of drug-likeness (QED) is 0.669. The highest BCUT2D eigenvalue weighted by Crippen LogP contribution is 2.21. The molecule has 0 radical (unpaired) electrons. The molecule has 1 fully saturated rings. The van der Waals surface area contributed by atoms with Crippen LogP contribution in [0.3, 0.4) is 0 Å². The third kappa shape index (κ3) is 3.46. The Morgan fingerprint density at radius 2 is 1.94 bits per heavy atom. The van der Waals surface area contributed by atoms with Crippen molar-refractivity contribution in [3.63, 3.8) is 0 Å². The molecule has 1 rings (SSSR count). The first-order valence-electron chi connectivity index (χ1n) is 5.11. The zero-order valence-electron chi connectivity index (χ0n) is 9.34. The van der Waals surface area contributed by atoms with E-state index in [1.54, 1.807) is 0 Å². The van der Waals surface area contributed by atoms with E-state index in [-0.39, 0.29) is 6.61 Å². The number of aliphatic hydroxyl groups is 1. The van der Waals surface area contributed by atoms with Gasteiger partial charge >= 0.3 is 11.9 Å². The monoisotopic (exact) mass is 232 g/mol. The van der Waals surface area contributed by atoms with Gasteiger partial charge < -0.3 is 19.3 Å². The van der Waals surface area contributed by atoms with Gasteiger partial charge in [-0.15, -0.1) is 0 Å². The maximum atomic E-state index is 10.9. The highest BCUT2D eigenvalue weighted by atomic mass is 16.6. The SMILES string of the molecule is CC(=O)O[C@@H]1[C@@H](CO)OCC[C@H]1OC(C)=O. The minimum atomic E-state index is -0.736. The fourth-order valence-corrected chi connectivity index (χ4v) is 1.67. The highest BCUT2D eigenvalue weighted by molar-refractivity contribution is 5.67. The number of carbonyl (C=O) groups excluding carboxylic acids is 2. The van der Waals surface area contributed by atoms with E-state index in [2.05, 4.69) is 0 Å². The molecular weight excluding hydrogens is 216 g/mol. The molecular formula is C10H16O6. The van der Waals surface area contributed by atoms with Gasteiger partial charge in [0.1, 0.15) is 12.2 Å². The Hall–Kier alpha value is -1.14. The molecule has 0 aromatic rings. The van der Waals surface area contributed by atoms with Gasteiger partial charge in [-0.2, -0.15) is 0 Å². The van der Waals surface area contributed by atoms with Crippen LogP contribution in [-0.4, -0.2) is 48.6 Å². The lowest BCUT2D eigenvalue weighted by Gasteiger charge is -2.35. The first-order valence-corrected chi connectivity index (χ1v) is 5.11. The van der Waals surface area contributed by atoms with Crippen molar-refractivity contribution in [2.45, 2.75) is 38.6 Å². The van der Waals surface area contributed by atoms with Crippen molar-refractivity contribution in [2.24, 2.45) is 0 Å². The smallest absolute Gasteiger partial charge is 0.303 e. The third-order valence-corrected chi connectivity index (χ3v) is 2.27. The van der Waals surface area contributed by atoms with E-state index in [0.29, 0.717) is 13.0 Å². The van der Waals surface area contributed by atoms with Crippen LogP contribution >= 0.6 is 0 Å². The van der Waals surface area contributed by atoms with Crippen LogP contribution in [0, 0.1) is 0 Å². The maximum absolute atomic E-state index is 10.9. The molecule has 0 bridgehead atoms. The average Bonchev–Trinajstić information content (AvgIpc) is 2.19. The average molecular weight is 232 g/mol. The van der Waals surface area contributed by atoms with Crippen molar-refractivity contribution < 1.29 is 28.9 Å². The van der Waals surface area contributed by atoms with E-state index in [1.165, 1.54) is 13.8 Å². The topological polar surface area (TPSA) is 82.1 Å². The van der Waals surface area contributed by atoms with Crippen LogP contribution in [0.15, 0.2) is 0 Å². The first-order chi connectivity index (χ1) is 7.54. The van der Waals surface area contributed by atoms with Gasteiger partial charge in [-0.1, -0.05) is 0 Å². The van der Waals surface area contributed by atoms with Gasteiger partial charge in [0, 0.05) is 20.3 Å². The summed E-state index contributed by atoms with van der Waals surface area (Å²) in [5.74, 6) is -0.938. The molecule has 0 aromatic heterocycles. The summed E-state index contributed by atoms with van der Waals surface area (Å²) in [5.41, 5.74) is 0.